The molecule has 0 radical (unpaired) electrons. The molecule has 0 heteroatoms. The quantitative estimate of drug-likeness (QED) is 0.495. The zero-order chi connectivity index (χ0) is 7.00. The third-order valence-electron chi connectivity index (χ3n) is 5.39. The van der Waals surface area contributed by atoms with Crippen molar-refractivity contribution in [2.24, 2.45) is 35.5 Å². The highest BCUT2D eigenvalue weighted by Gasteiger charge is 2.58. The molecule has 5 fully saturated rings. The molecule has 0 nitrogen and oxygen atoms in total. The molecule has 0 heterocycles. The minimum absolute atomic E-state index is 1.20. The molecule has 4 atom stereocenters. The van der Waals surface area contributed by atoms with Crippen molar-refractivity contribution in [3.63, 3.8) is 0 Å². The maximum atomic E-state index is 1.65. The summed E-state index contributed by atoms with van der Waals surface area (Å²) in [5, 5.41) is 0. The summed E-state index contributed by atoms with van der Waals surface area (Å²) in [6.07, 6.45) is 8.22. The lowest BCUT2D eigenvalue weighted by molar-refractivity contribution is 0.105. The Morgan fingerprint density at radius 3 is 1.55 bits per heavy atom. The van der Waals surface area contributed by atoms with Crippen LogP contribution < -0.4 is 0 Å². The molecule has 4 unspecified atom stereocenters. The second-order valence-corrected chi connectivity index (χ2v) is 5.55. The van der Waals surface area contributed by atoms with Crippen molar-refractivity contribution in [3.8, 4) is 0 Å². The predicted octanol–water partition coefficient (Wildman–Crippen LogP) is 2.69. The molecule has 0 amide bonds. The molecule has 60 valence electrons. The second kappa shape index (κ2) is 1.53. The first-order valence-corrected chi connectivity index (χ1v) is 5.42. The van der Waals surface area contributed by atoms with Crippen molar-refractivity contribution in [2.45, 2.75) is 32.1 Å². The molecule has 0 aromatic carbocycles. The van der Waals surface area contributed by atoms with Gasteiger partial charge in [-0.3, -0.25) is 0 Å². The van der Waals surface area contributed by atoms with Crippen LogP contribution in [0.1, 0.15) is 32.1 Å². The van der Waals surface area contributed by atoms with Crippen molar-refractivity contribution >= 4 is 0 Å². The fraction of sp³-hybridized carbons (Fsp3) is 1.00. The van der Waals surface area contributed by atoms with Gasteiger partial charge in [-0.1, -0.05) is 0 Å². The van der Waals surface area contributed by atoms with Gasteiger partial charge in [0.15, 0.2) is 0 Å². The van der Waals surface area contributed by atoms with Gasteiger partial charge in [-0.25, -0.2) is 0 Å². The van der Waals surface area contributed by atoms with E-state index < -0.39 is 0 Å². The summed E-state index contributed by atoms with van der Waals surface area (Å²) < 4.78 is 0. The molecular weight excluding hydrogens is 132 g/mol. The highest BCUT2D eigenvalue weighted by Crippen LogP contribution is 2.67. The highest BCUT2D eigenvalue weighted by atomic mass is 14.6. The Hall–Kier alpha value is 0. The van der Waals surface area contributed by atoms with Gasteiger partial charge in [-0.2, -0.15) is 0 Å². The van der Waals surface area contributed by atoms with E-state index in [1.54, 1.807) is 32.1 Å². The summed E-state index contributed by atoms with van der Waals surface area (Å²) in [5.74, 6) is 7.28. The van der Waals surface area contributed by atoms with E-state index in [0.29, 0.717) is 0 Å². The molecule has 0 aromatic heterocycles. The molecule has 5 aliphatic carbocycles. The lowest BCUT2D eigenvalue weighted by Crippen LogP contribution is -2.30. The molecule has 5 rings (SSSR count). The predicted molar refractivity (Wildman–Crippen MR) is 44.0 cm³/mol. The number of hydrogen-bond donors (Lipinski definition) is 0. The van der Waals surface area contributed by atoms with Crippen LogP contribution in [0.3, 0.4) is 0 Å². The van der Waals surface area contributed by atoms with E-state index in [9.17, 15) is 0 Å². The molecule has 11 heavy (non-hydrogen) atoms. The van der Waals surface area contributed by atoms with Crippen LogP contribution in [0.15, 0.2) is 0 Å². The molecule has 6 bridgehead atoms. The van der Waals surface area contributed by atoms with E-state index in [0.717, 1.165) is 0 Å². The summed E-state index contributed by atoms with van der Waals surface area (Å²) in [6, 6.07) is 0. The summed E-state index contributed by atoms with van der Waals surface area (Å²) in [6.45, 7) is 0. The Kier molecular flexibility index (Phi) is 0.781. The van der Waals surface area contributed by atoms with E-state index in [1.165, 1.54) is 35.5 Å². The molecular formula is C11H16. The zero-order valence-electron chi connectivity index (χ0n) is 7.00. The smallest absolute Gasteiger partial charge is 0.0352 e. The summed E-state index contributed by atoms with van der Waals surface area (Å²) in [7, 11) is 0. The largest absolute Gasteiger partial charge is 0.0470 e. The van der Waals surface area contributed by atoms with E-state index in [2.05, 4.69) is 0 Å². The van der Waals surface area contributed by atoms with Crippen molar-refractivity contribution in [2.75, 3.05) is 0 Å². The van der Waals surface area contributed by atoms with Gasteiger partial charge in [0.2, 0.25) is 0 Å². The molecule has 5 saturated carbocycles. The van der Waals surface area contributed by atoms with E-state index in [4.69, 9.17) is 0 Å². The van der Waals surface area contributed by atoms with Crippen LogP contribution in [0.2, 0.25) is 0 Å². The molecule has 0 aromatic rings. The molecule has 0 aliphatic heterocycles. The SMILES string of the molecule is C1C2CC3CC1C1CC2CC31. The first-order valence-electron chi connectivity index (χ1n) is 5.42. The Labute approximate surface area is 68.4 Å². The highest BCUT2D eigenvalue weighted by molar-refractivity contribution is 5.08. The minimum Gasteiger partial charge on any atom is -0.0470 e. The van der Waals surface area contributed by atoms with Gasteiger partial charge in [0, 0.05) is 0 Å². The van der Waals surface area contributed by atoms with Gasteiger partial charge in [-0.15, -0.1) is 0 Å². The topological polar surface area (TPSA) is 0 Å². The normalized spacial score (nSPS) is 69.8. The maximum Gasteiger partial charge on any atom is -0.0352 e. The third-order valence-corrected chi connectivity index (χ3v) is 5.39. The average molecular weight is 148 g/mol. The summed E-state index contributed by atoms with van der Waals surface area (Å²) in [4.78, 5) is 0. The third kappa shape index (κ3) is 0.494. The Morgan fingerprint density at radius 1 is 0.455 bits per heavy atom. The number of rotatable bonds is 0. The van der Waals surface area contributed by atoms with Crippen LogP contribution in [-0.2, 0) is 0 Å². The van der Waals surface area contributed by atoms with E-state index in [-0.39, 0.29) is 0 Å². The fourth-order valence-electron chi connectivity index (χ4n) is 5.15. The van der Waals surface area contributed by atoms with E-state index in [1.807, 2.05) is 0 Å². The van der Waals surface area contributed by atoms with Crippen LogP contribution in [0, 0.1) is 35.5 Å². The molecule has 0 spiro atoms. The number of hydrogen-bond acceptors (Lipinski definition) is 0. The first kappa shape index (κ1) is 5.61. The first-order chi connectivity index (χ1) is 5.42. The molecule has 0 saturated heterocycles. The van der Waals surface area contributed by atoms with Crippen LogP contribution in [-0.4, -0.2) is 0 Å². The van der Waals surface area contributed by atoms with Crippen molar-refractivity contribution < 1.29 is 0 Å². The van der Waals surface area contributed by atoms with Gasteiger partial charge in [0.1, 0.15) is 0 Å². The Morgan fingerprint density at radius 2 is 0.909 bits per heavy atom. The van der Waals surface area contributed by atoms with Gasteiger partial charge in [0.05, 0.1) is 0 Å². The van der Waals surface area contributed by atoms with Crippen molar-refractivity contribution in [1.29, 1.82) is 0 Å². The molecule has 0 N–H and O–H groups in total. The Bertz CT molecular complexity index is 188. The van der Waals surface area contributed by atoms with Crippen molar-refractivity contribution in [1.82, 2.24) is 0 Å². The lowest BCUT2D eigenvalue weighted by atomic mass is 9.66. The van der Waals surface area contributed by atoms with Crippen LogP contribution in [0.4, 0.5) is 0 Å². The second-order valence-electron chi connectivity index (χ2n) is 5.55. The van der Waals surface area contributed by atoms with Gasteiger partial charge >= 0.3 is 0 Å². The lowest BCUT2D eigenvalue weighted by Gasteiger charge is -2.40. The van der Waals surface area contributed by atoms with Gasteiger partial charge in [0.25, 0.3) is 0 Å². The van der Waals surface area contributed by atoms with E-state index >= 15 is 0 Å². The van der Waals surface area contributed by atoms with Crippen molar-refractivity contribution in [3.05, 3.63) is 0 Å². The van der Waals surface area contributed by atoms with Crippen LogP contribution in [0.5, 0.6) is 0 Å². The average Bonchev–Trinajstić information content (AvgIpc) is 2.47. The van der Waals surface area contributed by atoms with Crippen LogP contribution in [0.25, 0.3) is 0 Å². The summed E-state index contributed by atoms with van der Waals surface area (Å²) >= 11 is 0. The van der Waals surface area contributed by atoms with Crippen LogP contribution >= 0.6 is 0 Å². The van der Waals surface area contributed by atoms with Gasteiger partial charge < -0.3 is 0 Å². The van der Waals surface area contributed by atoms with Gasteiger partial charge in [-0.05, 0) is 67.6 Å². The fourth-order valence-corrected chi connectivity index (χ4v) is 5.15. The monoisotopic (exact) mass is 148 g/mol. The molecule has 5 aliphatic rings. The standard InChI is InChI=1S/C11H16/c1-6-2-9-3-8(1)10-4-7(6)5-11(9)10/h6-11H,1-5H2. The maximum absolute atomic E-state index is 1.65. The summed E-state index contributed by atoms with van der Waals surface area (Å²) in [5.41, 5.74) is 0. The minimum atomic E-state index is 1.20. The zero-order valence-corrected chi connectivity index (χ0v) is 7.00. The Balaban J connectivity index is 1.90.